The Morgan fingerprint density at radius 2 is 1.74 bits per heavy atom. The van der Waals surface area contributed by atoms with Crippen molar-refractivity contribution in [3.05, 3.63) is 58.0 Å². The highest BCUT2D eigenvalue weighted by molar-refractivity contribution is 9.10. The highest BCUT2D eigenvalue weighted by Gasteiger charge is 2.10. The van der Waals surface area contributed by atoms with Crippen LogP contribution in [0, 0.1) is 0 Å². The molecule has 7 heteroatoms. The number of esters is 1. The Bertz CT molecular complexity index is 691. The summed E-state index contributed by atoms with van der Waals surface area (Å²) >= 11 is 9.05. The molecule has 0 saturated carbocycles. The van der Waals surface area contributed by atoms with Crippen LogP contribution in [0.2, 0.25) is 5.02 Å². The van der Waals surface area contributed by atoms with E-state index in [0.29, 0.717) is 16.5 Å². The van der Waals surface area contributed by atoms with Gasteiger partial charge in [-0.15, -0.1) is 0 Å². The third kappa shape index (κ3) is 5.92. The van der Waals surface area contributed by atoms with Gasteiger partial charge in [0.1, 0.15) is 5.75 Å². The fraction of sp³-hybridized carbons (Fsp3) is 0.125. The van der Waals surface area contributed by atoms with E-state index in [1.807, 2.05) is 6.07 Å². The molecule has 2 rings (SSSR count). The lowest BCUT2D eigenvalue weighted by Crippen LogP contribution is -2.23. The number of hydrogen-bond acceptors (Lipinski definition) is 4. The lowest BCUT2D eigenvalue weighted by molar-refractivity contribution is -0.149. The smallest absolute Gasteiger partial charge is 0.344 e. The van der Waals surface area contributed by atoms with E-state index in [-0.39, 0.29) is 13.2 Å². The molecule has 1 amide bonds. The largest absolute Gasteiger partial charge is 0.482 e. The average Bonchev–Trinajstić information content (AvgIpc) is 2.54. The van der Waals surface area contributed by atoms with E-state index in [4.69, 9.17) is 21.1 Å². The van der Waals surface area contributed by atoms with Gasteiger partial charge in [-0.05, 0) is 52.3 Å². The minimum Gasteiger partial charge on any atom is -0.482 e. The molecule has 0 aromatic heterocycles. The number of rotatable bonds is 6. The first-order chi connectivity index (χ1) is 11.0. The molecule has 0 aliphatic heterocycles. The summed E-state index contributed by atoms with van der Waals surface area (Å²) in [4.78, 5) is 23.3. The van der Waals surface area contributed by atoms with Crippen LogP contribution in [0.5, 0.6) is 5.75 Å². The summed E-state index contributed by atoms with van der Waals surface area (Å²) < 4.78 is 10.8. The van der Waals surface area contributed by atoms with Gasteiger partial charge in [-0.1, -0.05) is 23.7 Å². The summed E-state index contributed by atoms with van der Waals surface area (Å²) in [6.07, 6.45) is 0. The van der Waals surface area contributed by atoms with Gasteiger partial charge >= 0.3 is 5.97 Å². The number of benzene rings is 2. The highest BCUT2D eigenvalue weighted by atomic mass is 79.9. The van der Waals surface area contributed by atoms with Crippen LogP contribution < -0.4 is 10.1 Å². The third-order valence-corrected chi connectivity index (χ3v) is 3.63. The predicted octanol–water partition coefficient (Wildman–Crippen LogP) is 3.66. The Kier molecular flexibility index (Phi) is 6.43. The Morgan fingerprint density at radius 1 is 1.04 bits per heavy atom. The van der Waals surface area contributed by atoms with Gasteiger partial charge in [0.15, 0.2) is 13.2 Å². The quantitative estimate of drug-likeness (QED) is 0.754. The summed E-state index contributed by atoms with van der Waals surface area (Å²) in [5.41, 5.74) is 0.603. The molecule has 2 aromatic rings. The van der Waals surface area contributed by atoms with E-state index < -0.39 is 11.9 Å². The maximum absolute atomic E-state index is 11.7. The monoisotopic (exact) mass is 397 g/mol. The zero-order valence-electron chi connectivity index (χ0n) is 11.9. The second-order valence-corrected chi connectivity index (χ2v) is 5.72. The molecule has 120 valence electrons. The molecule has 0 saturated heterocycles. The topological polar surface area (TPSA) is 64.6 Å². The summed E-state index contributed by atoms with van der Waals surface area (Å²) in [5, 5.41) is 3.20. The molecule has 0 heterocycles. The van der Waals surface area contributed by atoms with Crippen molar-refractivity contribution >= 4 is 45.1 Å². The minimum atomic E-state index is -0.637. The normalized spacial score (nSPS) is 10.0. The number of halogens is 2. The van der Waals surface area contributed by atoms with Gasteiger partial charge in [-0.25, -0.2) is 4.79 Å². The Morgan fingerprint density at radius 3 is 2.43 bits per heavy atom. The zero-order valence-corrected chi connectivity index (χ0v) is 14.3. The molecule has 0 atom stereocenters. The number of nitrogens with one attached hydrogen (secondary N) is 1. The lowest BCUT2D eigenvalue weighted by Gasteiger charge is -2.09. The van der Waals surface area contributed by atoms with E-state index in [1.165, 1.54) is 0 Å². The van der Waals surface area contributed by atoms with Gasteiger partial charge in [0.05, 0.1) is 5.69 Å². The maximum atomic E-state index is 11.7. The molecular weight excluding hydrogens is 386 g/mol. The van der Waals surface area contributed by atoms with E-state index >= 15 is 0 Å². The molecular formula is C16H13BrClNO4. The first-order valence-electron chi connectivity index (χ1n) is 6.63. The molecule has 0 unspecified atom stereocenters. The Hall–Kier alpha value is -2.05. The molecule has 23 heavy (non-hydrogen) atoms. The standard InChI is InChI=1S/C16H13BrClNO4/c17-13-3-1-2-4-14(13)19-15(20)9-23-16(21)10-22-12-7-5-11(18)6-8-12/h1-8H,9-10H2,(H,19,20). The lowest BCUT2D eigenvalue weighted by atomic mass is 10.3. The van der Waals surface area contributed by atoms with Crippen LogP contribution in [0.1, 0.15) is 0 Å². The van der Waals surface area contributed by atoms with Crippen LogP contribution in [0.4, 0.5) is 5.69 Å². The SMILES string of the molecule is O=C(COC(=O)COc1ccc(Cl)cc1)Nc1ccccc1Br. The van der Waals surface area contributed by atoms with Gasteiger partial charge in [0, 0.05) is 9.50 Å². The number of amides is 1. The van der Waals surface area contributed by atoms with Crippen LogP contribution >= 0.6 is 27.5 Å². The van der Waals surface area contributed by atoms with Crippen LogP contribution in [0.3, 0.4) is 0 Å². The molecule has 0 fully saturated rings. The van der Waals surface area contributed by atoms with Crippen molar-refractivity contribution in [2.45, 2.75) is 0 Å². The maximum Gasteiger partial charge on any atom is 0.344 e. The Balaban J connectivity index is 1.72. The van der Waals surface area contributed by atoms with Crippen molar-refractivity contribution in [3.63, 3.8) is 0 Å². The predicted molar refractivity (Wildman–Crippen MR) is 90.7 cm³/mol. The van der Waals surface area contributed by atoms with Gasteiger partial charge in [0.2, 0.25) is 0 Å². The van der Waals surface area contributed by atoms with Crippen molar-refractivity contribution < 1.29 is 19.1 Å². The van der Waals surface area contributed by atoms with Crippen molar-refractivity contribution in [3.8, 4) is 5.75 Å². The molecule has 5 nitrogen and oxygen atoms in total. The number of para-hydroxylation sites is 1. The third-order valence-electron chi connectivity index (χ3n) is 2.68. The second kappa shape index (κ2) is 8.55. The van der Waals surface area contributed by atoms with E-state index in [0.717, 1.165) is 4.47 Å². The average molecular weight is 399 g/mol. The molecule has 0 bridgehead atoms. The van der Waals surface area contributed by atoms with Crippen LogP contribution in [-0.4, -0.2) is 25.1 Å². The van der Waals surface area contributed by atoms with Gasteiger partial charge in [0.25, 0.3) is 5.91 Å². The van der Waals surface area contributed by atoms with Gasteiger partial charge in [-0.3, -0.25) is 4.79 Å². The number of hydrogen-bond donors (Lipinski definition) is 1. The number of carbonyl (C=O) groups excluding carboxylic acids is 2. The molecule has 0 radical (unpaired) electrons. The van der Waals surface area contributed by atoms with Gasteiger partial charge in [-0.2, -0.15) is 0 Å². The summed E-state index contributed by atoms with van der Waals surface area (Å²) in [6.45, 7) is -0.673. The highest BCUT2D eigenvalue weighted by Crippen LogP contribution is 2.21. The summed E-state index contributed by atoms with van der Waals surface area (Å²) in [5.74, 6) is -0.581. The van der Waals surface area contributed by atoms with E-state index in [1.54, 1.807) is 42.5 Å². The molecule has 0 aliphatic carbocycles. The van der Waals surface area contributed by atoms with Crippen LogP contribution in [0.15, 0.2) is 53.0 Å². The van der Waals surface area contributed by atoms with Crippen molar-refractivity contribution in [2.75, 3.05) is 18.5 Å². The molecule has 0 spiro atoms. The fourth-order valence-electron chi connectivity index (χ4n) is 1.61. The van der Waals surface area contributed by atoms with E-state index in [9.17, 15) is 9.59 Å². The molecule has 2 aromatic carbocycles. The van der Waals surface area contributed by atoms with Crippen molar-refractivity contribution in [1.82, 2.24) is 0 Å². The van der Waals surface area contributed by atoms with Gasteiger partial charge < -0.3 is 14.8 Å². The summed E-state index contributed by atoms with van der Waals surface area (Å²) in [6, 6.07) is 13.7. The Labute approximate surface area is 146 Å². The van der Waals surface area contributed by atoms with Crippen LogP contribution in [-0.2, 0) is 14.3 Å². The first-order valence-corrected chi connectivity index (χ1v) is 7.80. The summed E-state index contributed by atoms with van der Waals surface area (Å²) in [7, 11) is 0. The molecule has 0 aliphatic rings. The fourth-order valence-corrected chi connectivity index (χ4v) is 2.12. The van der Waals surface area contributed by atoms with Crippen LogP contribution in [0.25, 0.3) is 0 Å². The van der Waals surface area contributed by atoms with Crippen molar-refractivity contribution in [1.29, 1.82) is 0 Å². The zero-order chi connectivity index (χ0) is 16.7. The second-order valence-electron chi connectivity index (χ2n) is 4.43. The number of carbonyl (C=O) groups is 2. The molecule has 1 N–H and O–H groups in total. The number of anilines is 1. The van der Waals surface area contributed by atoms with Crippen molar-refractivity contribution in [2.24, 2.45) is 0 Å². The first kappa shape index (κ1) is 17.3. The number of ether oxygens (including phenoxy) is 2. The van der Waals surface area contributed by atoms with E-state index in [2.05, 4.69) is 21.2 Å². The minimum absolute atomic E-state index is 0.288.